The third-order valence-electron chi connectivity index (χ3n) is 4.21. The molecule has 6 nitrogen and oxygen atoms in total. The maximum Gasteiger partial charge on any atom is 0.280 e. The number of rotatable bonds is 4. The lowest BCUT2D eigenvalue weighted by atomic mass is 10.1. The Morgan fingerprint density at radius 3 is 2.77 bits per heavy atom. The number of aromatic nitrogens is 2. The van der Waals surface area contributed by atoms with Crippen molar-refractivity contribution in [2.75, 3.05) is 6.61 Å². The van der Waals surface area contributed by atoms with Gasteiger partial charge < -0.3 is 14.7 Å². The number of alkyl halides is 2. The molecule has 2 bridgehead atoms. The predicted molar refractivity (Wildman–Crippen MR) is 90.5 cm³/mol. The van der Waals surface area contributed by atoms with Crippen LogP contribution in [0.25, 0.3) is 11.3 Å². The first kappa shape index (κ1) is 17.3. The van der Waals surface area contributed by atoms with E-state index >= 15 is 0 Å². The van der Waals surface area contributed by atoms with Crippen LogP contribution in [0.3, 0.4) is 0 Å². The van der Waals surface area contributed by atoms with Crippen molar-refractivity contribution in [3.63, 3.8) is 0 Å². The molecule has 2 saturated heterocycles. The molecule has 136 valence electrons. The summed E-state index contributed by atoms with van der Waals surface area (Å²) >= 11 is 1.23. The Labute approximate surface area is 152 Å². The van der Waals surface area contributed by atoms with E-state index in [1.165, 1.54) is 17.8 Å². The maximum atomic E-state index is 13.3. The second kappa shape index (κ2) is 7.26. The van der Waals surface area contributed by atoms with Crippen molar-refractivity contribution < 1.29 is 23.5 Å². The van der Waals surface area contributed by atoms with Gasteiger partial charge in [0.25, 0.3) is 6.43 Å². The fraction of sp³-hybridized carbons (Fsp3) is 0.353. The third-order valence-corrected chi connectivity index (χ3v) is 5.38. The Balaban J connectivity index is 1.64. The fourth-order valence-corrected chi connectivity index (χ4v) is 4.06. The number of nitrogens with zero attached hydrogens (tertiary/aromatic N) is 3. The van der Waals surface area contributed by atoms with Crippen molar-refractivity contribution in [3.8, 4) is 11.3 Å². The zero-order valence-corrected chi connectivity index (χ0v) is 14.3. The van der Waals surface area contributed by atoms with Gasteiger partial charge in [0.1, 0.15) is 11.4 Å². The van der Waals surface area contributed by atoms with E-state index in [9.17, 15) is 8.78 Å². The number of thioether (sulfide) groups is 1. The van der Waals surface area contributed by atoms with Crippen LogP contribution in [-0.2, 0) is 9.47 Å². The summed E-state index contributed by atoms with van der Waals surface area (Å²) in [5.74, 6) is 0. The lowest BCUT2D eigenvalue weighted by Crippen LogP contribution is -2.37. The molecule has 0 unspecified atom stereocenters. The summed E-state index contributed by atoms with van der Waals surface area (Å²) in [7, 11) is 0. The first-order valence-corrected chi connectivity index (χ1v) is 8.89. The van der Waals surface area contributed by atoms with E-state index in [4.69, 9.17) is 14.7 Å². The minimum atomic E-state index is -2.70. The number of fused-ring (bicyclic) bond motifs is 2. The summed E-state index contributed by atoms with van der Waals surface area (Å²) in [4.78, 5) is 8.42. The van der Waals surface area contributed by atoms with Crippen molar-refractivity contribution in [3.05, 3.63) is 42.1 Å². The minimum absolute atomic E-state index is 0.184. The van der Waals surface area contributed by atoms with E-state index < -0.39 is 12.7 Å². The molecule has 1 aromatic heterocycles. The van der Waals surface area contributed by atoms with Gasteiger partial charge in [0.2, 0.25) is 6.29 Å². The van der Waals surface area contributed by atoms with E-state index in [0.717, 1.165) is 5.56 Å². The van der Waals surface area contributed by atoms with E-state index in [1.807, 2.05) is 30.3 Å². The van der Waals surface area contributed by atoms with Gasteiger partial charge in [-0.1, -0.05) is 47.2 Å². The molecule has 0 saturated carbocycles. The smallest absolute Gasteiger partial charge is 0.280 e. The summed E-state index contributed by atoms with van der Waals surface area (Å²) in [5.41, 5.74) is 1.23. The zero-order chi connectivity index (χ0) is 18.1. The molecule has 4 rings (SSSR count). The van der Waals surface area contributed by atoms with Gasteiger partial charge in [-0.15, -0.1) is 0 Å². The highest BCUT2D eigenvalue weighted by molar-refractivity contribution is 7.99. The van der Waals surface area contributed by atoms with Gasteiger partial charge in [0.15, 0.2) is 5.16 Å². The Kier molecular flexibility index (Phi) is 4.84. The van der Waals surface area contributed by atoms with Crippen molar-refractivity contribution in [1.29, 1.82) is 0 Å². The number of halogens is 2. The lowest BCUT2D eigenvalue weighted by molar-refractivity contribution is -0.0169. The van der Waals surface area contributed by atoms with Gasteiger partial charge in [0.05, 0.1) is 18.4 Å². The lowest BCUT2D eigenvalue weighted by Gasteiger charge is -2.26. The quantitative estimate of drug-likeness (QED) is 0.498. The number of benzene rings is 1. The SMILES string of the molecule is O/N=C1\C[C@H](Sc2nc(-c3ccccc3)cc(C(F)F)n2)[C@@H]2CO[C@@H]1O2. The molecule has 3 atom stereocenters. The third kappa shape index (κ3) is 3.42. The Morgan fingerprint density at radius 2 is 2.04 bits per heavy atom. The van der Waals surface area contributed by atoms with Gasteiger partial charge >= 0.3 is 0 Å². The highest BCUT2D eigenvalue weighted by atomic mass is 32.2. The minimum Gasteiger partial charge on any atom is -0.411 e. The second-order valence-corrected chi connectivity index (χ2v) is 7.13. The van der Waals surface area contributed by atoms with Crippen LogP contribution in [0.4, 0.5) is 8.78 Å². The Bertz CT molecular complexity index is 822. The molecule has 0 spiro atoms. The van der Waals surface area contributed by atoms with Gasteiger partial charge in [-0.3, -0.25) is 0 Å². The van der Waals surface area contributed by atoms with Crippen LogP contribution < -0.4 is 0 Å². The highest BCUT2D eigenvalue weighted by Crippen LogP contribution is 2.37. The molecule has 3 heterocycles. The molecular weight excluding hydrogens is 364 g/mol. The van der Waals surface area contributed by atoms with Gasteiger partial charge in [-0.25, -0.2) is 18.7 Å². The van der Waals surface area contributed by atoms with Crippen LogP contribution in [0.2, 0.25) is 0 Å². The van der Waals surface area contributed by atoms with Gasteiger partial charge in [0, 0.05) is 17.2 Å². The molecule has 26 heavy (non-hydrogen) atoms. The predicted octanol–water partition coefficient (Wildman–Crippen LogP) is 3.52. The molecule has 0 radical (unpaired) electrons. The summed E-state index contributed by atoms with van der Waals surface area (Å²) < 4.78 is 37.6. The van der Waals surface area contributed by atoms with Crippen LogP contribution in [0.15, 0.2) is 46.7 Å². The van der Waals surface area contributed by atoms with Crippen LogP contribution >= 0.6 is 11.8 Å². The summed E-state index contributed by atoms with van der Waals surface area (Å²) in [6, 6.07) is 10.4. The molecule has 2 aliphatic heterocycles. The van der Waals surface area contributed by atoms with E-state index in [2.05, 4.69) is 15.1 Å². The normalized spacial score (nSPS) is 26.6. The number of oxime groups is 1. The fourth-order valence-electron chi connectivity index (χ4n) is 2.93. The average Bonchev–Trinajstić information content (AvgIpc) is 3.09. The van der Waals surface area contributed by atoms with E-state index in [0.29, 0.717) is 24.4 Å². The molecule has 2 aliphatic rings. The van der Waals surface area contributed by atoms with Crippen LogP contribution in [-0.4, -0.2) is 45.1 Å². The molecule has 1 N–H and O–H groups in total. The van der Waals surface area contributed by atoms with E-state index in [1.54, 1.807) is 0 Å². The topological polar surface area (TPSA) is 76.8 Å². The number of ether oxygens (including phenoxy) is 2. The van der Waals surface area contributed by atoms with Crippen LogP contribution in [0, 0.1) is 0 Å². The first-order chi connectivity index (χ1) is 12.6. The molecule has 2 fully saturated rings. The van der Waals surface area contributed by atoms with Crippen molar-refractivity contribution >= 4 is 17.5 Å². The maximum absolute atomic E-state index is 13.3. The number of hydrogen-bond donors (Lipinski definition) is 1. The van der Waals surface area contributed by atoms with Crippen LogP contribution in [0.5, 0.6) is 0 Å². The van der Waals surface area contributed by atoms with Gasteiger partial charge in [-0.2, -0.15) is 0 Å². The van der Waals surface area contributed by atoms with E-state index in [-0.39, 0.29) is 22.2 Å². The van der Waals surface area contributed by atoms with Crippen molar-refractivity contribution in [2.24, 2.45) is 5.16 Å². The zero-order valence-electron chi connectivity index (χ0n) is 13.5. The highest BCUT2D eigenvalue weighted by Gasteiger charge is 2.43. The Hall–Kier alpha value is -2.10. The molecule has 0 aliphatic carbocycles. The monoisotopic (exact) mass is 379 g/mol. The average molecular weight is 379 g/mol. The summed E-state index contributed by atoms with van der Waals surface area (Å²) in [6.45, 7) is 0.349. The first-order valence-electron chi connectivity index (χ1n) is 8.01. The molecule has 0 amide bonds. The van der Waals surface area contributed by atoms with Crippen LogP contribution in [0.1, 0.15) is 18.5 Å². The molecular formula is C17H15F2N3O3S. The molecule has 9 heteroatoms. The standard InChI is InChI=1S/C17H15F2N3O3S/c18-15(19)11-6-10(9-4-2-1-3-5-9)20-17(21-11)26-14-7-12(22-23)16-24-8-13(14)25-16/h1-6,13-16,23H,7-8H2/b22-12+/t13-,14-,16+/m0/s1. The summed E-state index contributed by atoms with van der Waals surface area (Å²) in [6.07, 6.45) is -3.14. The molecule has 2 aromatic rings. The number of hydrogen-bond acceptors (Lipinski definition) is 7. The Morgan fingerprint density at radius 1 is 1.23 bits per heavy atom. The molecule has 1 aromatic carbocycles. The largest absolute Gasteiger partial charge is 0.411 e. The van der Waals surface area contributed by atoms with Crippen molar-refractivity contribution in [2.45, 2.75) is 35.6 Å². The van der Waals surface area contributed by atoms with Crippen molar-refractivity contribution in [1.82, 2.24) is 9.97 Å². The van der Waals surface area contributed by atoms with Gasteiger partial charge in [-0.05, 0) is 6.07 Å². The summed E-state index contributed by atoms with van der Waals surface area (Å²) in [5, 5.41) is 12.4. The second-order valence-electron chi connectivity index (χ2n) is 5.92.